The topological polar surface area (TPSA) is 52.6 Å². The molecule has 2 N–H and O–H groups in total. The molecule has 0 saturated carbocycles. The number of nitrogens with zero attached hydrogens (tertiary/aromatic N) is 1. The minimum absolute atomic E-state index is 0.180. The van der Waals surface area contributed by atoms with Crippen LogP contribution < -0.4 is 5.32 Å². The summed E-state index contributed by atoms with van der Waals surface area (Å²) in [5, 5.41) is 12.1. The van der Waals surface area contributed by atoms with Crippen LogP contribution in [0.4, 0.5) is 14.5 Å². The number of anilines is 1. The van der Waals surface area contributed by atoms with E-state index in [0.717, 1.165) is 37.1 Å². The van der Waals surface area contributed by atoms with Crippen LogP contribution in [0.2, 0.25) is 0 Å². The van der Waals surface area contributed by atoms with Gasteiger partial charge in [-0.25, -0.2) is 8.78 Å². The Kier molecular flexibility index (Phi) is 4.76. The second kappa shape index (κ2) is 6.97. The minimum atomic E-state index is -0.988. The molecule has 1 aliphatic heterocycles. The van der Waals surface area contributed by atoms with Crippen molar-refractivity contribution in [1.29, 1.82) is 0 Å². The maximum absolute atomic E-state index is 13.2. The molecule has 3 rings (SSSR count). The summed E-state index contributed by atoms with van der Waals surface area (Å²) in [4.78, 5) is 14.1. The van der Waals surface area contributed by atoms with Gasteiger partial charge in [0.15, 0.2) is 11.6 Å². The third kappa shape index (κ3) is 3.89. The second-order valence-electron chi connectivity index (χ2n) is 5.91. The van der Waals surface area contributed by atoms with Crippen LogP contribution in [0.25, 0.3) is 0 Å². The van der Waals surface area contributed by atoms with Crippen LogP contribution in [0.15, 0.2) is 36.4 Å². The Morgan fingerprint density at radius 2 is 1.79 bits per heavy atom. The Morgan fingerprint density at radius 3 is 2.54 bits per heavy atom. The van der Waals surface area contributed by atoms with Crippen molar-refractivity contribution in [3.63, 3.8) is 0 Å². The molecule has 0 aliphatic carbocycles. The number of nitrogens with one attached hydrogen (secondary N) is 1. The molecular weight excluding hydrogens is 314 g/mol. The standard InChI is InChI=1S/C18H18F2N2O2/c19-16-4-2-14(10-17(16)20)21-18(24)11-22-7-5-12-1-3-15(23)9-13(12)6-8-22/h1-4,9-10,23H,5-8,11H2,(H,21,24). The summed E-state index contributed by atoms with van der Waals surface area (Å²) in [6.45, 7) is 1.60. The molecule has 0 bridgehead atoms. The third-order valence-corrected chi connectivity index (χ3v) is 4.16. The van der Waals surface area contributed by atoms with E-state index in [9.17, 15) is 18.7 Å². The van der Waals surface area contributed by atoms with Gasteiger partial charge in [-0.2, -0.15) is 0 Å². The molecule has 0 atom stereocenters. The van der Waals surface area contributed by atoms with Gasteiger partial charge in [0, 0.05) is 24.8 Å². The van der Waals surface area contributed by atoms with E-state index < -0.39 is 11.6 Å². The lowest BCUT2D eigenvalue weighted by atomic mass is 10.0. The highest BCUT2D eigenvalue weighted by molar-refractivity contribution is 5.92. The Balaban J connectivity index is 1.58. The van der Waals surface area contributed by atoms with Gasteiger partial charge in [-0.15, -0.1) is 0 Å². The van der Waals surface area contributed by atoms with Crippen molar-refractivity contribution in [2.45, 2.75) is 12.8 Å². The van der Waals surface area contributed by atoms with Crippen molar-refractivity contribution in [2.24, 2.45) is 0 Å². The van der Waals surface area contributed by atoms with Gasteiger partial charge in [0.05, 0.1) is 6.54 Å². The van der Waals surface area contributed by atoms with E-state index in [1.165, 1.54) is 11.6 Å². The van der Waals surface area contributed by atoms with E-state index in [-0.39, 0.29) is 23.9 Å². The SMILES string of the molecule is O=C(CN1CCc2ccc(O)cc2CC1)Nc1ccc(F)c(F)c1. The molecule has 24 heavy (non-hydrogen) atoms. The fraction of sp³-hybridized carbons (Fsp3) is 0.278. The summed E-state index contributed by atoms with van der Waals surface area (Å²) >= 11 is 0. The Hall–Kier alpha value is -2.47. The van der Waals surface area contributed by atoms with Crippen LogP contribution in [0.1, 0.15) is 11.1 Å². The molecule has 0 aromatic heterocycles. The summed E-state index contributed by atoms with van der Waals surface area (Å²) < 4.78 is 26.1. The average molecular weight is 332 g/mol. The number of benzene rings is 2. The lowest BCUT2D eigenvalue weighted by molar-refractivity contribution is -0.117. The molecule has 0 fully saturated rings. The van der Waals surface area contributed by atoms with Crippen LogP contribution in [-0.4, -0.2) is 35.5 Å². The summed E-state index contributed by atoms with van der Waals surface area (Å²) in [7, 11) is 0. The van der Waals surface area contributed by atoms with E-state index in [4.69, 9.17) is 0 Å². The monoisotopic (exact) mass is 332 g/mol. The van der Waals surface area contributed by atoms with Crippen molar-refractivity contribution in [3.8, 4) is 5.75 Å². The van der Waals surface area contributed by atoms with Crippen molar-refractivity contribution >= 4 is 11.6 Å². The lowest BCUT2D eigenvalue weighted by Gasteiger charge is -2.19. The molecule has 126 valence electrons. The largest absolute Gasteiger partial charge is 0.508 e. The highest BCUT2D eigenvalue weighted by Crippen LogP contribution is 2.21. The van der Waals surface area contributed by atoms with Crippen molar-refractivity contribution in [2.75, 3.05) is 25.0 Å². The maximum atomic E-state index is 13.2. The van der Waals surface area contributed by atoms with Gasteiger partial charge in [0.2, 0.25) is 5.91 Å². The number of carbonyl (C=O) groups is 1. The average Bonchev–Trinajstić information content (AvgIpc) is 2.73. The van der Waals surface area contributed by atoms with Crippen LogP contribution in [0, 0.1) is 11.6 Å². The van der Waals surface area contributed by atoms with Gasteiger partial charge >= 0.3 is 0 Å². The Labute approximate surface area is 138 Å². The molecular formula is C18H18F2N2O2. The number of carbonyl (C=O) groups excluding carboxylic acids is 1. The number of fused-ring (bicyclic) bond motifs is 1. The summed E-state index contributed by atoms with van der Waals surface area (Å²) in [5.41, 5.74) is 2.51. The zero-order valence-electron chi connectivity index (χ0n) is 13.1. The number of aromatic hydroxyl groups is 1. The molecule has 2 aromatic carbocycles. The van der Waals surface area contributed by atoms with Gasteiger partial charge < -0.3 is 10.4 Å². The Morgan fingerprint density at radius 1 is 1.04 bits per heavy atom. The molecule has 1 amide bonds. The lowest BCUT2D eigenvalue weighted by Crippen LogP contribution is -2.35. The maximum Gasteiger partial charge on any atom is 0.238 e. The molecule has 0 spiro atoms. The van der Waals surface area contributed by atoms with Crippen molar-refractivity contribution < 1.29 is 18.7 Å². The quantitative estimate of drug-likeness (QED) is 0.909. The van der Waals surface area contributed by atoms with Gasteiger partial charge in [0.1, 0.15) is 5.75 Å². The highest BCUT2D eigenvalue weighted by Gasteiger charge is 2.17. The fourth-order valence-corrected chi connectivity index (χ4v) is 2.89. The number of phenols is 1. The number of hydrogen-bond donors (Lipinski definition) is 2. The molecule has 1 heterocycles. The number of amides is 1. The van der Waals surface area contributed by atoms with Gasteiger partial charge in [0.25, 0.3) is 0 Å². The smallest absolute Gasteiger partial charge is 0.238 e. The van der Waals surface area contributed by atoms with Crippen LogP contribution in [0.3, 0.4) is 0 Å². The third-order valence-electron chi connectivity index (χ3n) is 4.16. The van der Waals surface area contributed by atoms with Crippen molar-refractivity contribution in [3.05, 3.63) is 59.2 Å². The number of phenolic OH excluding ortho intramolecular Hbond substituents is 1. The first-order valence-corrected chi connectivity index (χ1v) is 7.79. The first-order valence-electron chi connectivity index (χ1n) is 7.79. The predicted molar refractivity (Wildman–Crippen MR) is 86.9 cm³/mol. The van der Waals surface area contributed by atoms with Crippen LogP contribution in [-0.2, 0) is 17.6 Å². The fourth-order valence-electron chi connectivity index (χ4n) is 2.89. The van der Waals surface area contributed by atoms with Gasteiger partial charge in [-0.05, 0) is 48.2 Å². The van der Waals surface area contributed by atoms with Gasteiger partial charge in [-0.1, -0.05) is 6.07 Å². The molecule has 0 saturated heterocycles. The minimum Gasteiger partial charge on any atom is -0.508 e. The van der Waals surface area contributed by atoms with Gasteiger partial charge in [-0.3, -0.25) is 9.69 Å². The first kappa shape index (κ1) is 16.4. The molecule has 6 heteroatoms. The zero-order chi connectivity index (χ0) is 17.1. The Bertz CT molecular complexity index is 765. The predicted octanol–water partition coefficient (Wildman–Crippen LogP) is 2.71. The molecule has 2 aromatic rings. The second-order valence-corrected chi connectivity index (χ2v) is 5.91. The van der Waals surface area contributed by atoms with Crippen LogP contribution in [0.5, 0.6) is 5.75 Å². The van der Waals surface area contributed by atoms with Crippen molar-refractivity contribution in [1.82, 2.24) is 4.90 Å². The van der Waals surface area contributed by atoms with E-state index in [0.29, 0.717) is 6.54 Å². The molecule has 0 unspecified atom stereocenters. The summed E-state index contributed by atoms with van der Waals surface area (Å²) in [6, 6.07) is 8.63. The zero-order valence-corrected chi connectivity index (χ0v) is 13.1. The number of rotatable bonds is 3. The van der Waals surface area contributed by atoms with E-state index in [2.05, 4.69) is 5.32 Å². The van der Waals surface area contributed by atoms with E-state index >= 15 is 0 Å². The molecule has 0 radical (unpaired) electrons. The van der Waals surface area contributed by atoms with Crippen LogP contribution >= 0.6 is 0 Å². The van der Waals surface area contributed by atoms with E-state index in [1.54, 1.807) is 12.1 Å². The number of halogens is 2. The van der Waals surface area contributed by atoms with E-state index in [1.807, 2.05) is 11.0 Å². The summed E-state index contributed by atoms with van der Waals surface area (Å²) in [5.74, 6) is -1.95. The summed E-state index contributed by atoms with van der Waals surface area (Å²) in [6.07, 6.45) is 1.55. The molecule has 1 aliphatic rings. The first-order chi connectivity index (χ1) is 11.5. The highest BCUT2D eigenvalue weighted by atomic mass is 19.2. The molecule has 4 nitrogen and oxygen atoms in total. The number of hydrogen-bond acceptors (Lipinski definition) is 3. The normalized spacial score (nSPS) is 14.8.